The molecule has 0 N–H and O–H groups in total. The SMILES string of the molecule is O=S(=O)(c1ccc(F)c(Cl)c1)c1cnc2cc(Cl)c(F)cc2c1-c1cccc(F)c1. The van der Waals surface area contributed by atoms with Crippen molar-refractivity contribution in [1.29, 1.82) is 0 Å². The number of hydrogen-bond acceptors (Lipinski definition) is 3. The lowest BCUT2D eigenvalue weighted by atomic mass is 10.0. The van der Waals surface area contributed by atoms with E-state index in [0.717, 1.165) is 36.5 Å². The largest absolute Gasteiger partial charge is 0.255 e. The number of sulfone groups is 1. The maximum absolute atomic E-state index is 14.2. The molecule has 1 aromatic heterocycles. The molecule has 0 amide bonds. The summed E-state index contributed by atoms with van der Waals surface area (Å²) in [6.45, 7) is 0. The molecule has 0 radical (unpaired) electrons. The summed E-state index contributed by atoms with van der Waals surface area (Å²) in [5, 5.41) is -0.451. The molecule has 0 aliphatic rings. The van der Waals surface area contributed by atoms with E-state index in [1.54, 1.807) is 0 Å². The monoisotopic (exact) mass is 467 g/mol. The van der Waals surface area contributed by atoms with Crippen molar-refractivity contribution in [2.75, 3.05) is 0 Å². The number of fused-ring (bicyclic) bond motifs is 1. The zero-order valence-corrected chi connectivity index (χ0v) is 17.2. The molecule has 3 nitrogen and oxygen atoms in total. The van der Waals surface area contributed by atoms with Crippen LogP contribution in [0.25, 0.3) is 22.0 Å². The van der Waals surface area contributed by atoms with Gasteiger partial charge in [0, 0.05) is 17.1 Å². The van der Waals surface area contributed by atoms with Gasteiger partial charge < -0.3 is 0 Å². The van der Waals surface area contributed by atoms with E-state index in [-0.39, 0.29) is 41.9 Å². The number of rotatable bonds is 3. The van der Waals surface area contributed by atoms with Crippen LogP contribution in [0.4, 0.5) is 13.2 Å². The van der Waals surface area contributed by atoms with Crippen molar-refractivity contribution in [1.82, 2.24) is 4.98 Å². The Morgan fingerprint density at radius 2 is 1.57 bits per heavy atom. The van der Waals surface area contributed by atoms with E-state index in [9.17, 15) is 21.6 Å². The Morgan fingerprint density at radius 1 is 0.833 bits per heavy atom. The van der Waals surface area contributed by atoms with E-state index >= 15 is 0 Å². The van der Waals surface area contributed by atoms with Crippen LogP contribution in [0.15, 0.2) is 70.6 Å². The second kappa shape index (κ2) is 7.58. The molecule has 0 aliphatic heterocycles. The second-order valence-corrected chi connectivity index (χ2v) is 9.10. The highest BCUT2D eigenvalue weighted by molar-refractivity contribution is 7.91. The summed E-state index contributed by atoms with van der Waals surface area (Å²) < 4.78 is 68.4. The lowest BCUT2D eigenvalue weighted by molar-refractivity contribution is 0.594. The van der Waals surface area contributed by atoms with E-state index < -0.39 is 27.3 Å². The predicted molar refractivity (Wildman–Crippen MR) is 109 cm³/mol. The first-order chi connectivity index (χ1) is 14.2. The molecular formula is C21H10Cl2F3NO2S. The summed E-state index contributed by atoms with van der Waals surface area (Å²) >= 11 is 11.6. The van der Waals surface area contributed by atoms with Gasteiger partial charge in [-0.25, -0.2) is 21.6 Å². The smallest absolute Gasteiger partial charge is 0.208 e. The second-order valence-electron chi connectivity index (χ2n) is 6.37. The highest BCUT2D eigenvalue weighted by atomic mass is 35.5. The normalized spacial score (nSPS) is 11.8. The van der Waals surface area contributed by atoms with Gasteiger partial charge in [-0.1, -0.05) is 35.3 Å². The third-order valence-electron chi connectivity index (χ3n) is 4.48. The van der Waals surface area contributed by atoms with Gasteiger partial charge in [-0.3, -0.25) is 4.98 Å². The maximum Gasteiger partial charge on any atom is 0.208 e. The van der Waals surface area contributed by atoms with Crippen LogP contribution < -0.4 is 0 Å². The van der Waals surface area contributed by atoms with E-state index in [0.29, 0.717) is 0 Å². The van der Waals surface area contributed by atoms with Crippen molar-refractivity contribution in [2.24, 2.45) is 0 Å². The van der Waals surface area contributed by atoms with Gasteiger partial charge in [0.1, 0.15) is 17.5 Å². The van der Waals surface area contributed by atoms with Gasteiger partial charge in [0.2, 0.25) is 9.84 Å². The molecule has 9 heteroatoms. The van der Waals surface area contributed by atoms with E-state index in [1.165, 1.54) is 24.3 Å². The van der Waals surface area contributed by atoms with Gasteiger partial charge in [0.25, 0.3) is 0 Å². The molecule has 4 rings (SSSR count). The summed E-state index contributed by atoms with van der Waals surface area (Å²) in [5.74, 6) is -2.18. The standard InChI is InChI=1S/C21H10Cl2F3NO2S/c22-15-7-13(4-5-17(15)25)30(28,29)20-10-27-19-9-16(23)18(26)8-14(19)21(20)11-2-1-3-12(24)6-11/h1-10H. The fourth-order valence-corrected chi connectivity index (χ4v) is 4.95. The molecule has 0 spiro atoms. The van der Waals surface area contributed by atoms with Crippen LogP contribution in [0.5, 0.6) is 0 Å². The Hall–Kier alpha value is -2.61. The number of benzene rings is 3. The molecule has 4 aromatic rings. The Morgan fingerprint density at radius 3 is 2.27 bits per heavy atom. The third-order valence-corrected chi connectivity index (χ3v) is 6.82. The maximum atomic E-state index is 14.2. The van der Waals surface area contributed by atoms with Gasteiger partial charge in [-0.05, 0) is 48.0 Å². The minimum absolute atomic E-state index is 0.0375. The summed E-state index contributed by atoms with van der Waals surface area (Å²) in [7, 11) is -4.28. The van der Waals surface area contributed by atoms with Crippen molar-refractivity contribution in [3.8, 4) is 11.1 Å². The first-order valence-corrected chi connectivity index (χ1v) is 10.7. The van der Waals surface area contributed by atoms with Crippen molar-refractivity contribution in [3.05, 3.63) is 88.3 Å². The molecule has 1 heterocycles. The fraction of sp³-hybridized carbons (Fsp3) is 0. The van der Waals surface area contributed by atoms with Crippen molar-refractivity contribution in [3.63, 3.8) is 0 Å². The molecule has 0 fully saturated rings. The predicted octanol–water partition coefficient (Wildman–Crippen LogP) is 6.46. The highest BCUT2D eigenvalue weighted by Crippen LogP contribution is 2.38. The van der Waals surface area contributed by atoms with E-state index in [4.69, 9.17) is 23.2 Å². The molecule has 0 saturated heterocycles. The Kier molecular flexibility index (Phi) is 5.22. The van der Waals surface area contributed by atoms with Crippen LogP contribution in [0.3, 0.4) is 0 Å². The molecule has 0 aliphatic carbocycles. The van der Waals surface area contributed by atoms with Gasteiger partial charge in [0.15, 0.2) is 0 Å². The Balaban J connectivity index is 2.10. The zero-order chi connectivity index (χ0) is 21.6. The number of aromatic nitrogens is 1. The third kappa shape index (κ3) is 3.53. The summed E-state index contributed by atoms with van der Waals surface area (Å²) in [5.41, 5.74) is 0.447. The van der Waals surface area contributed by atoms with E-state index in [1.807, 2.05) is 0 Å². The van der Waals surface area contributed by atoms with Crippen molar-refractivity contribution in [2.45, 2.75) is 9.79 Å². The summed E-state index contributed by atoms with van der Waals surface area (Å²) in [4.78, 5) is 3.49. The topological polar surface area (TPSA) is 47.0 Å². The van der Waals surface area contributed by atoms with Crippen molar-refractivity contribution >= 4 is 43.9 Å². The lowest BCUT2D eigenvalue weighted by Gasteiger charge is -2.14. The van der Waals surface area contributed by atoms with Gasteiger partial charge in [-0.15, -0.1) is 0 Å². The highest BCUT2D eigenvalue weighted by Gasteiger charge is 2.26. The Bertz CT molecular complexity index is 1430. The molecule has 0 saturated carbocycles. The fourth-order valence-electron chi connectivity index (χ4n) is 3.09. The first kappa shape index (κ1) is 20.7. The quantitative estimate of drug-likeness (QED) is 0.325. The summed E-state index contributed by atoms with van der Waals surface area (Å²) in [6.07, 6.45) is 1.07. The van der Waals surface area contributed by atoms with Crippen LogP contribution in [0.1, 0.15) is 0 Å². The molecule has 0 unspecified atom stereocenters. The number of nitrogens with zero attached hydrogens (tertiary/aromatic N) is 1. The zero-order valence-electron chi connectivity index (χ0n) is 14.8. The van der Waals surface area contributed by atoms with Crippen molar-refractivity contribution < 1.29 is 21.6 Å². The van der Waals surface area contributed by atoms with Gasteiger partial charge >= 0.3 is 0 Å². The molecule has 0 atom stereocenters. The number of pyridine rings is 1. The number of halogens is 5. The van der Waals surface area contributed by atoms with E-state index in [2.05, 4.69) is 4.98 Å². The van der Waals surface area contributed by atoms with Crippen LogP contribution in [0.2, 0.25) is 10.0 Å². The Labute approximate surface area is 179 Å². The number of hydrogen-bond donors (Lipinski definition) is 0. The minimum atomic E-state index is -4.28. The summed E-state index contributed by atoms with van der Waals surface area (Å²) in [6, 6.07) is 10.4. The average Bonchev–Trinajstić information content (AvgIpc) is 2.70. The van der Waals surface area contributed by atoms with Crippen LogP contribution >= 0.6 is 23.2 Å². The van der Waals surface area contributed by atoms with Gasteiger partial charge in [0.05, 0.1) is 25.4 Å². The van der Waals surface area contributed by atoms with Crippen LogP contribution in [-0.4, -0.2) is 13.4 Å². The molecule has 152 valence electrons. The molecule has 3 aromatic carbocycles. The van der Waals surface area contributed by atoms with Crippen LogP contribution in [-0.2, 0) is 9.84 Å². The molecular weight excluding hydrogens is 458 g/mol. The van der Waals surface area contributed by atoms with Gasteiger partial charge in [-0.2, -0.15) is 0 Å². The van der Waals surface area contributed by atoms with Crippen LogP contribution in [0, 0.1) is 17.5 Å². The molecule has 30 heavy (non-hydrogen) atoms. The average molecular weight is 468 g/mol. The molecule has 0 bridgehead atoms. The minimum Gasteiger partial charge on any atom is -0.255 e. The lowest BCUT2D eigenvalue weighted by Crippen LogP contribution is -2.06. The first-order valence-electron chi connectivity index (χ1n) is 8.42.